The maximum Gasteiger partial charge on any atom is 0.319 e. The molecule has 3 aromatic heterocycles. The second-order valence-corrected chi connectivity index (χ2v) is 13.5. The van der Waals surface area contributed by atoms with Crippen LogP contribution in [-0.4, -0.2) is 83.0 Å². The highest BCUT2D eigenvalue weighted by molar-refractivity contribution is 6.35. The van der Waals surface area contributed by atoms with Gasteiger partial charge in [-0.3, -0.25) is 5.10 Å². The van der Waals surface area contributed by atoms with Crippen molar-refractivity contribution >= 4 is 39.2 Å². The molecule has 3 N–H and O–H groups in total. The fourth-order valence-corrected chi connectivity index (χ4v) is 7.59. The Hall–Kier alpha value is -3.32. The van der Waals surface area contributed by atoms with Crippen LogP contribution in [0.1, 0.15) is 76.7 Å². The first-order chi connectivity index (χ1) is 23.4. The lowest BCUT2D eigenvalue weighted by atomic mass is 9.76. The van der Waals surface area contributed by atoms with Crippen LogP contribution in [0.25, 0.3) is 33.1 Å². The second kappa shape index (κ2) is 15.5. The Bertz CT molecular complexity index is 1710. The van der Waals surface area contributed by atoms with Gasteiger partial charge in [-0.15, -0.1) is 0 Å². The van der Waals surface area contributed by atoms with E-state index in [1.54, 1.807) is 11.1 Å². The van der Waals surface area contributed by atoms with Gasteiger partial charge in [0.05, 0.1) is 30.5 Å². The smallest absolute Gasteiger partial charge is 0.319 e. The Morgan fingerprint density at radius 2 is 1.96 bits per heavy atom. The van der Waals surface area contributed by atoms with Gasteiger partial charge in [0.1, 0.15) is 23.3 Å². The molecule has 3 fully saturated rings. The van der Waals surface area contributed by atoms with Crippen molar-refractivity contribution in [2.24, 2.45) is 5.41 Å². The summed E-state index contributed by atoms with van der Waals surface area (Å²) >= 11 is 6.77. The number of aliphatic hydroxyl groups is 1. The average molecular weight is 684 g/mol. The fraction of sp³-hybridized carbons (Fsp3) is 0.600. The highest BCUT2D eigenvalue weighted by Gasteiger charge is 2.45. The Kier molecular flexibility index (Phi) is 11.1. The molecule has 0 bridgehead atoms. The number of aromatic nitrogens is 5. The third-order valence-electron chi connectivity index (χ3n) is 9.97. The molecule has 0 amide bonds. The van der Waals surface area contributed by atoms with Crippen molar-refractivity contribution in [3.8, 4) is 23.1 Å². The summed E-state index contributed by atoms with van der Waals surface area (Å²) in [4.78, 5) is 15.6. The van der Waals surface area contributed by atoms with Gasteiger partial charge >= 0.3 is 6.01 Å². The molecule has 1 saturated carbocycles. The van der Waals surface area contributed by atoms with Crippen molar-refractivity contribution in [2.45, 2.75) is 84.1 Å². The van der Waals surface area contributed by atoms with Gasteiger partial charge in [-0.05, 0) is 76.5 Å². The number of halogens is 2. The van der Waals surface area contributed by atoms with E-state index in [1.165, 1.54) is 26.4 Å². The SMILES string of the molecule is C1CCOCC1.CCCCN(CO)c1nc(OCC23CCCNC2CCC3)nc2c(F)c(-c3c(Cl)c(C)cc4[nH]ncc34)nc(OC)c12. The maximum absolute atomic E-state index is 16.8. The van der Waals surface area contributed by atoms with E-state index >= 15 is 4.39 Å². The van der Waals surface area contributed by atoms with Crippen molar-refractivity contribution in [1.29, 1.82) is 0 Å². The first-order valence-electron chi connectivity index (χ1n) is 17.3. The molecule has 1 aromatic carbocycles. The number of hydrogen-bond acceptors (Lipinski definition) is 10. The molecule has 5 heterocycles. The van der Waals surface area contributed by atoms with Crippen molar-refractivity contribution < 1.29 is 23.7 Å². The second-order valence-electron chi connectivity index (χ2n) is 13.1. The zero-order valence-electron chi connectivity index (χ0n) is 28.2. The third kappa shape index (κ3) is 6.90. The van der Waals surface area contributed by atoms with E-state index in [9.17, 15) is 5.11 Å². The highest BCUT2D eigenvalue weighted by atomic mass is 35.5. The molecule has 1 aliphatic carbocycles. The number of ether oxygens (including phenoxy) is 3. The molecule has 0 radical (unpaired) electrons. The number of nitrogens with one attached hydrogen (secondary N) is 2. The summed E-state index contributed by atoms with van der Waals surface area (Å²) in [5.41, 5.74) is 1.82. The number of fused-ring (bicyclic) bond motifs is 3. The lowest BCUT2D eigenvalue weighted by Crippen LogP contribution is -2.49. The van der Waals surface area contributed by atoms with Crippen LogP contribution in [0, 0.1) is 18.2 Å². The van der Waals surface area contributed by atoms with E-state index in [4.69, 9.17) is 30.8 Å². The largest absolute Gasteiger partial charge is 0.480 e. The molecule has 11 nitrogen and oxygen atoms in total. The number of aryl methyl sites for hydroxylation is 1. The van der Waals surface area contributed by atoms with Crippen molar-refractivity contribution in [2.75, 3.05) is 51.7 Å². The zero-order chi connectivity index (χ0) is 33.7. The number of methoxy groups -OCH3 is 1. The first kappa shape index (κ1) is 34.5. The molecular weight excluding hydrogens is 637 g/mol. The summed E-state index contributed by atoms with van der Waals surface area (Å²) in [6.45, 7) is 7.52. The minimum Gasteiger partial charge on any atom is -0.480 e. The number of pyridine rings is 1. The molecule has 3 aliphatic rings. The molecule has 7 rings (SSSR count). The number of rotatable bonds is 10. The van der Waals surface area contributed by atoms with Gasteiger partial charge in [0.15, 0.2) is 11.6 Å². The van der Waals surface area contributed by atoms with Crippen molar-refractivity contribution in [3.05, 3.63) is 28.7 Å². The van der Waals surface area contributed by atoms with Crippen LogP contribution in [0.4, 0.5) is 10.2 Å². The summed E-state index contributed by atoms with van der Waals surface area (Å²) in [5, 5.41) is 22.3. The lowest BCUT2D eigenvalue weighted by Gasteiger charge is -2.39. The summed E-state index contributed by atoms with van der Waals surface area (Å²) in [6.07, 6.45) is 12.7. The van der Waals surface area contributed by atoms with E-state index in [-0.39, 0.29) is 40.6 Å². The Morgan fingerprint density at radius 1 is 1.15 bits per heavy atom. The lowest BCUT2D eigenvalue weighted by molar-refractivity contribution is 0.0798. The molecule has 4 aromatic rings. The molecule has 0 spiro atoms. The molecule has 2 unspecified atom stereocenters. The van der Waals surface area contributed by atoms with E-state index in [1.807, 2.05) is 13.0 Å². The number of nitrogens with zero attached hydrogens (tertiary/aromatic N) is 5. The van der Waals surface area contributed by atoms with Gasteiger partial charge in [0.25, 0.3) is 0 Å². The van der Waals surface area contributed by atoms with Gasteiger partial charge in [0.2, 0.25) is 5.88 Å². The van der Waals surface area contributed by atoms with Gasteiger partial charge in [-0.25, -0.2) is 9.37 Å². The standard InChI is InChI=1S/C30H37ClFN7O3.C5H10O/c1-4-5-12-39(16-40)27-22-26(36-29(37-27)42-15-30-9-6-8-20(30)33-11-7-10-30)24(32)25(35-28(22)41-3)21-18-14-34-38-19(18)13-17(2)23(21)31;1-2-4-6-5-3-1/h13-14,20,33,40H,4-12,15-16H2,1-3H3,(H,34,38);1-5H2. The summed E-state index contributed by atoms with van der Waals surface area (Å²) in [6, 6.07) is 2.30. The van der Waals surface area contributed by atoms with Gasteiger partial charge in [-0.1, -0.05) is 31.4 Å². The fourth-order valence-electron chi connectivity index (χ4n) is 7.35. The summed E-state index contributed by atoms with van der Waals surface area (Å²) in [5.74, 6) is -0.247. The van der Waals surface area contributed by atoms with E-state index in [0.717, 1.165) is 70.3 Å². The van der Waals surface area contributed by atoms with E-state index in [2.05, 4.69) is 32.4 Å². The van der Waals surface area contributed by atoms with Crippen molar-refractivity contribution in [3.63, 3.8) is 0 Å². The van der Waals surface area contributed by atoms with Crippen LogP contribution < -0.4 is 19.7 Å². The van der Waals surface area contributed by atoms with Gasteiger partial charge in [0, 0.05) is 42.2 Å². The molecule has 2 saturated heterocycles. The van der Waals surface area contributed by atoms with Gasteiger partial charge in [-0.2, -0.15) is 15.1 Å². The number of benzene rings is 1. The zero-order valence-corrected chi connectivity index (χ0v) is 29.0. The minimum atomic E-state index is -0.682. The number of unbranched alkanes of at least 4 members (excludes halogenated alkanes) is 1. The van der Waals surface area contributed by atoms with Crippen LogP contribution in [0.2, 0.25) is 5.02 Å². The highest BCUT2D eigenvalue weighted by Crippen LogP contribution is 2.46. The number of aliphatic hydroxyl groups excluding tert-OH is 1. The minimum absolute atomic E-state index is 0.00275. The Labute approximate surface area is 285 Å². The predicted molar refractivity (Wildman–Crippen MR) is 185 cm³/mol. The van der Waals surface area contributed by atoms with E-state index in [0.29, 0.717) is 46.5 Å². The number of aromatic amines is 1. The Balaban J connectivity index is 0.000000604. The molecule has 260 valence electrons. The first-order valence-corrected chi connectivity index (χ1v) is 17.7. The number of hydrogen-bond donors (Lipinski definition) is 3. The number of anilines is 1. The van der Waals surface area contributed by atoms with Crippen LogP contribution in [0.15, 0.2) is 12.3 Å². The normalized spacial score (nSPS) is 20.8. The number of H-pyrrole nitrogens is 1. The van der Waals surface area contributed by atoms with Crippen LogP contribution >= 0.6 is 11.6 Å². The summed E-state index contributed by atoms with van der Waals surface area (Å²) in [7, 11) is 1.47. The monoisotopic (exact) mass is 683 g/mol. The quantitative estimate of drug-likeness (QED) is 0.155. The molecule has 13 heteroatoms. The predicted octanol–water partition coefficient (Wildman–Crippen LogP) is 6.72. The molecule has 2 aliphatic heterocycles. The maximum atomic E-state index is 16.8. The molecular formula is C35H47ClFN7O4. The molecule has 48 heavy (non-hydrogen) atoms. The Morgan fingerprint density at radius 3 is 2.67 bits per heavy atom. The molecule has 2 atom stereocenters. The van der Waals surface area contributed by atoms with Crippen LogP contribution in [-0.2, 0) is 4.74 Å². The third-order valence-corrected chi connectivity index (χ3v) is 10.5. The topological polar surface area (TPSA) is 131 Å². The van der Waals surface area contributed by atoms with Crippen LogP contribution in [0.3, 0.4) is 0 Å². The van der Waals surface area contributed by atoms with E-state index < -0.39 is 5.82 Å². The van der Waals surface area contributed by atoms with Gasteiger partial charge < -0.3 is 29.5 Å². The number of piperidine rings is 1. The van der Waals surface area contributed by atoms with Crippen molar-refractivity contribution in [1.82, 2.24) is 30.5 Å². The average Bonchev–Trinajstić information content (AvgIpc) is 3.77. The summed E-state index contributed by atoms with van der Waals surface area (Å²) < 4.78 is 33.9. The van der Waals surface area contributed by atoms with Crippen LogP contribution in [0.5, 0.6) is 11.9 Å².